The second-order valence-corrected chi connectivity index (χ2v) is 9.59. The van der Waals surface area contributed by atoms with E-state index in [1.807, 2.05) is 0 Å². The van der Waals surface area contributed by atoms with Gasteiger partial charge in [0.05, 0.1) is 52.7 Å². The van der Waals surface area contributed by atoms with Crippen LogP contribution < -0.4 is 19.9 Å². The third-order valence-electron chi connectivity index (χ3n) is 6.44. The van der Waals surface area contributed by atoms with Gasteiger partial charge in [0.25, 0.3) is 0 Å². The number of carbonyl (C=O) groups is 1. The van der Waals surface area contributed by atoms with Crippen molar-refractivity contribution in [3.05, 3.63) is 53.3 Å². The molecule has 1 aromatic carbocycles. The monoisotopic (exact) mass is 564 g/mol. The van der Waals surface area contributed by atoms with Gasteiger partial charge in [0.2, 0.25) is 0 Å². The number of alkyl halides is 3. The molecule has 0 unspecified atom stereocenters. The quantitative estimate of drug-likeness (QED) is 0.411. The second-order valence-electron chi connectivity index (χ2n) is 9.18. The number of piperidine rings is 1. The number of hydrogen-bond acceptors (Lipinski definition) is 8. The van der Waals surface area contributed by atoms with Gasteiger partial charge in [-0.05, 0) is 31.0 Å². The Labute approximate surface area is 226 Å². The maximum Gasteiger partial charge on any atom is 0.416 e. The molecule has 2 amide bonds. The second kappa shape index (κ2) is 10.8. The van der Waals surface area contributed by atoms with Crippen molar-refractivity contribution in [1.29, 1.82) is 0 Å². The maximum absolute atomic E-state index is 13.5. The average Bonchev–Trinajstić information content (AvgIpc) is 2.92. The normalized spacial score (nSPS) is 17.4. The van der Waals surface area contributed by atoms with Gasteiger partial charge in [-0.25, -0.2) is 19.7 Å². The van der Waals surface area contributed by atoms with Crippen LogP contribution >= 0.6 is 11.6 Å². The van der Waals surface area contributed by atoms with E-state index in [-0.39, 0.29) is 40.6 Å². The van der Waals surface area contributed by atoms with Gasteiger partial charge in [0.15, 0.2) is 5.82 Å². The number of amides is 2. The number of urea groups is 1. The van der Waals surface area contributed by atoms with Crippen LogP contribution in [-0.2, 0) is 6.18 Å². The Bertz CT molecular complexity index is 1360. The Kier molecular flexibility index (Phi) is 7.47. The van der Waals surface area contributed by atoms with Crippen LogP contribution in [0.2, 0.25) is 5.02 Å². The number of fused-ring (bicyclic) bond motifs is 4. The highest BCUT2D eigenvalue weighted by Gasteiger charge is 2.39. The lowest BCUT2D eigenvalue weighted by Gasteiger charge is -2.46. The molecule has 1 saturated heterocycles. The number of rotatable bonds is 6. The summed E-state index contributed by atoms with van der Waals surface area (Å²) in [6.45, 7) is 0.615. The van der Waals surface area contributed by atoms with E-state index in [9.17, 15) is 23.1 Å². The molecule has 14 heteroatoms. The van der Waals surface area contributed by atoms with Crippen LogP contribution in [0.1, 0.15) is 18.4 Å². The first kappa shape index (κ1) is 26.9. The number of aliphatic hydroxyl groups excluding tert-OH is 2. The van der Waals surface area contributed by atoms with Crippen molar-refractivity contribution >= 4 is 34.8 Å². The van der Waals surface area contributed by atoms with Gasteiger partial charge in [-0.1, -0.05) is 23.7 Å². The molecule has 10 nitrogen and oxygen atoms in total. The molecule has 206 valence electrons. The summed E-state index contributed by atoms with van der Waals surface area (Å²) in [6, 6.07) is 5.58. The van der Waals surface area contributed by atoms with Crippen molar-refractivity contribution in [1.82, 2.24) is 15.0 Å². The first-order valence-corrected chi connectivity index (χ1v) is 12.5. The SMILES string of the molecule is O=C(Nc1cnc(OC[C@@H](O)CO)nc1)N1c2nc(-c3cccc(C(F)(F)F)c3)c(Cl)cc2N2CCC[C@H]1C2. The van der Waals surface area contributed by atoms with Crippen LogP contribution in [0.15, 0.2) is 42.7 Å². The topological polar surface area (TPSA) is 124 Å². The van der Waals surface area contributed by atoms with Crippen molar-refractivity contribution in [2.75, 3.05) is 41.4 Å². The molecular weight excluding hydrogens is 541 g/mol. The largest absolute Gasteiger partial charge is 0.461 e. The minimum Gasteiger partial charge on any atom is -0.461 e. The van der Waals surface area contributed by atoms with Crippen LogP contribution in [0.4, 0.5) is 35.2 Å². The summed E-state index contributed by atoms with van der Waals surface area (Å²) in [5.74, 6) is 0.291. The number of benzene rings is 1. The van der Waals surface area contributed by atoms with Gasteiger partial charge < -0.3 is 25.2 Å². The summed E-state index contributed by atoms with van der Waals surface area (Å²) in [6.07, 6.45) is -1.42. The predicted octanol–water partition coefficient (Wildman–Crippen LogP) is 3.96. The van der Waals surface area contributed by atoms with Gasteiger partial charge in [-0.2, -0.15) is 13.2 Å². The minimum absolute atomic E-state index is 0.0474. The van der Waals surface area contributed by atoms with Crippen molar-refractivity contribution < 1.29 is 32.9 Å². The molecular formula is C25H24ClF3N6O4. The molecule has 0 radical (unpaired) electrons. The first-order chi connectivity index (χ1) is 18.6. The molecule has 1 fully saturated rings. The molecule has 3 N–H and O–H groups in total. The number of carbonyl (C=O) groups excluding carboxylic acids is 1. The van der Waals surface area contributed by atoms with E-state index in [0.717, 1.165) is 25.1 Å². The Hall–Kier alpha value is -3.68. The Balaban J connectivity index is 1.45. The molecule has 3 aromatic rings. The number of anilines is 3. The van der Waals surface area contributed by atoms with E-state index in [4.69, 9.17) is 21.4 Å². The maximum atomic E-state index is 13.5. The van der Waals surface area contributed by atoms with Gasteiger partial charge in [0, 0.05) is 18.7 Å². The molecule has 0 saturated carbocycles. The van der Waals surface area contributed by atoms with E-state index < -0.39 is 30.5 Å². The van der Waals surface area contributed by atoms with Crippen LogP contribution in [0.5, 0.6) is 6.01 Å². The number of pyridine rings is 1. The van der Waals surface area contributed by atoms with Crippen LogP contribution in [0.3, 0.4) is 0 Å². The number of hydrogen-bond donors (Lipinski definition) is 3. The standard InChI is InChI=1S/C25H24ClF3N6O4/c26-19-8-20-22(33-21(19)14-3-1-4-15(7-14)25(27,28)29)35(17-5-2-6-34(20)11-17)24(38)32-16-9-30-23(31-10-16)39-13-18(37)12-36/h1,3-4,7-10,17-18,36-37H,2,5-6,11-13H2,(H,32,38)/t17-,18-/m0/s1. The van der Waals surface area contributed by atoms with E-state index >= 15 is 0 Å². The van der Waals surface area contributed by atoms with Crippen LogP contribution in [0.25, 0.3) is 11.3 Å². The molecule has 2 aliphatic rings. The summed E-state index contributed by atoms with van der Waals surface area (Å²) in [7, 11) is 0. The third kappa shape index (κ3) is 5.70. The highest BCUT2D eigenvalue weighted by atomic mass is 35.5. The summed E-state index contributed by atoms with van der Waals surface area (Å²) in [4.78, 5) is 29.7. The fourth-order valence-electron chi connectivity index (χ4n) is 4.61. The molecule has 0 aliphatic carbocycles. The third-order valence-corrected chi connectivity index (χ3v) is 6.73. The average molecular weight is 565 g/mol. The van der Waals surface area contributed by atoms with Gasteiger partial charge in [-0.3, -0.25) is 4.90 Å². The lowest BCUT2D eigenvalue weighted by molar-refractivity contribution is -0.137. The number of nitrogens with one attached hydrogen (secondary N) is 1. The zero-order chi connectivity index (χ0) is 27.7. The van der Waals surface area contributed by atoms with Gasteiger partial charge in [0.1, 0.15) is 12.7 Å². The molecule has 4 heterocycles. The highest BCUT2D eigenvalue weighted by Crippen LogP contribution is 2.43. The molecule has 2 aromatic heterocycles. The molecule has 2 atom stereocenters. The van der Waals surface area contributed by atoms with Gasteiger partial charge in [-0.15, -0.1) is 0 Å². The number of aliphatic hydroxyl groups is 2. The zero-order valence-electron chi connectivity index (χ0n) is 20.4. The van der Waals surface area contributed by atoms with Crippen molar-refractivity contribution in [2.24, 2.45) is 0 Å². The Morgan fingerprint density at radius 3 is 2.74 bits per heavy atom. The fourth-order valence-corrected chi connectivity index (χ4v) is 4.86. The summed E-state index contributed by atoms with van der Waals surface area (Å²) >= 11 is 6.52. The van der Waals surface area contributed by atoms with Crippen molar-refractivity contribution in [2.45, 2.75) is 31.2 Å². The van der Waals surface area contributed by atoms with Crippen LogP contribution in [-0.4, -0.2) is 69.6 Å². The smallest absolute Gasteiger partial charge is 0.416 e. The van der Waals surface area contributed by atoms with E-state index in [1.165, 1.54) is 29.4 Å². The Morgan fingerprint density at radius 1 is 1.26 bits per heavy atom. The number of nitrogens with zero attached hydrogens (tertiary/aromatic N) is 5. The molecule has 2 bridgehead atoms. The lowest BCUT2D eigenvalue weighted by atomic mass is 9.99. The number of aromatic nitrogens is 3. The lowest BCUT2D eigenvalue weighted by Crippen LogP contribution is -2.56. The Morgan fingerprint density at radius 2 is 2.03 bits per heavy atom. The highest BCUT2D eigenvalue weighted by molar-refractivity contribution is 6.33. The molecule has 5 rings (SSSR count). The summed E-state index contributed by atoms with van der Waals surface area (Å²) in [5, 5.41) is 21.2. The van der Waals surface area contributed by atoms with Crippen molar-refractivity contribution in [3.63, 3.8) is 0 Å². The molecule has 2 aliphatic heterocycles. The van der Waals surface area contributed by atoms with Gasteiger partial charge >= 0.3 is 18.2 Å². The number of ether oxygens (including phenoxy) is 1. The summed E-state index contributed by atoms with van der Waals surface area (Å²) in [5.41, 5.74) is 0.365. The molecule has 39 heavy (non-hydrogen) atoms. The minimum atomic E-state index is -4.54. The van der Waals surface area contributed by atoms with Crippen LogP contribution in [0, 0.1) is 0 Å². The van der Waals surface area contributed by atoms with Crippen molar-refractivity contribution in [3.8, 4) is 17.3 Å². The predicted molar refractivity (Wildman–Crippen MR) is 137 cm³/mol. The zero-order valence-corrected chi connectivity index (χ0v) is 21.2. The van der Waals surface area contributed by atoms with E-state index in [1.54, 1.807) is 6.07 Å². The summed E-state index contributed by atoms with van der Waals surface area (Å²) < 4.78 is 45.2. The van der Waals surface area contributed by atoms with E-state index in [0.29, 0.717) is 24.5 Å². The number of halogens is 4. The molecule has 0 spiro atoms. The first-order valence-electron chi connectivity index (χ1n) is 12.1. The van der Waals surface area contributed by atoms with E-state index in [2.05, 4.69) is 25.2 Å². The fraction of sp³-hybridized carbons (Fsp3) is 0.360.